The van der Waals surface area contributed by atoms with Crippen molar-refractivity contribution in [2.45, 2.75) is 31.7 Å². The molecule has 1 aliphatic carbocycles. The van der Waals surface area contributed by atoms with Crippen molar-refractivity contribution >= 4 is 35.1 Å². The van der Waals surface area contributed by atoms with Crippen LogP contribution in [-0.2, 0) is 14.4 Å². The van der Waals surface area contributed by atoms with E-state index in [9.17, 15) is 19.5 Å². The molecule has 3 rings (SSSR count). The summed E-state index contributed by atoms with van der Waals surface area (Å²) in [6.07, 6.45) is 5.58. The fourth-order valence-corrected chi connectivity index (χ4v) is 3.81. The molecule has 1 aromatic rings. The molecule has 26 heavy (non-hydrogen) atoms. The molecule has 6 nitrogen and oxygen atoms in total. The first-order valence-corrected chi connectivity index (χ1v) is 9.11. The Morgan fingerprint density at radius 3 is 2.54 bits per heavy atom. The van der Waals surface area contributed by atoms with E-state index in [1.807, 2.05) is 12.1 Å². The van der Waals surface area contributed by atoms with E-state index in [-0.39, 0.29) is 11.8 Å². The highest BCUT2D eigenvalue weighted by Gasteiger charge is 2.37. The quantitative estimate of drug-likeness (QED) is 0.791. The van der Waals surface area contributed by atoms with Crippen molar-refractivity contribution in [1.29, 1.82) is 0 Å². The molecule has 0 radical (unpaired) electrons. The number of nitrogens with zero attached hydrogens (tertiary/aromatic N) is 1. The molecule has 3 atom stereocenters. The van der Waals surface area contributed by atoms with Crippen molar-refractivity contribution in [2.75, 3.05) is 11.4 Å². The third-order valence-electron chi connectivity index (χ3n) is 4.98. The Kier molecular flexibility index (Phi) is 5.61. The van der Waals surface area contributed by atoms with E-state index in [0.29, 0.717) is 36.5 Å². The second-order valence-corrected chi connectivity index (χ2v) is 7.05. The number of amides is 2. The van der Waals surface area contributed by atoms with Crippen molar-refractivity contribution in [3.63, 3.8) is 0 Å². The summed E-state index contributed by atoms with van der Waals surface area (Å²) in [5.74, 6) is -2.97. The van der Waals surface area contributed by atoms with Crippen LogP contribution in [0.15, 0.2) is 36.4 Å². The zero-order valence-corrected chi connectivity index (χ0v) is 15.0. The number of hydrogen-bond donors (Lipinski definition) is 2. The summed E-state index contributed by atoms with van der Waals surface area (Å²) < 4.78 is 0. The van der Waals surface area contributed by atoms with Crippen molar-refractivity contribution in [2.24, 2.45) is 11.8 Å². The first kappa shape index (κ1) is 18.5. The Morgan fingerprint density at radius 2 is 1.85 bits per heavy atom. The van der Waals surface area contributed by atoms with Gasteiger partial charge in [-0.25, -0.2) is 0 Å². The van der Waals surface area contributed by atoms with Gasteiger partial charge in [-0.05, 0) is 37.8 Å². The zero-order valence-electron chi connectivity index (χ0n) is 14.2. The number of piperidine rings is 1. The van der Waals surface area contributed by atoms with Gasteiger partial charge in [0.2, 0.25) is 11.8 Å². The summed E-state index contributed by atoms with van der Waals surface area (Å²) >= 11 is 6.20. The van der Waals surface area contributed by atoms with Gasteiger partial charge in [0.15, 0.2) is 0 Å². The Balaban J connectivity index is 1.72. The van der Waals surface area contributed by atoms with Crippen LogP contribution in [0.3, 0.4) is 0 Å². The van der Waals surface area contributed by atoms with Gasteiger partial charge in [-0.3, -0.25) is 14.4 Å². The lowest BCUT2D eigenvalue weighted by Gasteiger charge is -2.34. The van der Waals surface area contributed by atoms with E-state index >= 15 is 0 Å². The number of carboxylic acid groups (broad SMARTS) is 1. The minimum Gasteiger partial charge on any atom is -0.481 e. The molecule has 1 saturated heterocycles. The lowest BCUT2D eigenvalue weighted by Crippen LogP contribution is -2.54. The predicted molar refractivity (Wildman–Crippen MR) is 98.0 cm³/mol. The number of carbonyl (C=O) groups is 3. The normalized spacial score (nSPS) is 25.8. The first-order valence-electron chi connectivity index (χ1n) is 8.73. The lowest BCUT2D eigenvalue weighted by atomic mass is 9.82. The zero-order chi connectivity index (χ0) is 18.7. The number of carboxylic acids is 1. The van der Waals surface area contributed by atoms with Crippen molar-refractivity contribution in [3.8, 4) is 0 Å². The average molecular weight is 377 g/mol. The van der Waals surface area contributed by atoms with Crippen LogP contribution in [0.25, 0.3) is 0 Å². The number of allylic oxidation sites excluding steroid dienone is 2. The third-order valence-corrected chi connectivity index (χ3v) is 5.30. The molecule has 1 unspecified atom stereocenters. The van der Waals surface area contributed by atoms with Gasteiger partial charge in [0.05, 0.1) is 22.5 Å². The largest absolute Gasteiger partial charge is 0.481 e. The van der Waals surface area contributed by atoms with Crippen molar-refractivity contribution in [1.82, 2.24) is 5.32 Å². The molecule has 7 heteroatoms. The van der Waals surface area contributed by atoms with Gasteiger partial charge < -0.3 is 15.3 Å². The summed E-state index contributed by atoms with van der Waals surface area (Å²) in [5.41, 5.74) is 0.627. The summed E-state index contributed by atoms with van der Waals surface area (Å²) in [7, 11) is 0. The van der Waals surface area contributed by atoms with Gasteiger partial charge in [-0.15, -0.1) is 0 Å². The van der Waals surface area contributed by atoms with Crippen LogP contribution in [0.2, 0.25) is 5.02 Å². The van der Waals surface area contributed by atoms with Gasteiger partial charge in [0.1, 0.15) is 6.04 Å². The SMILES string of the molecule is O=C(O)[C@H]1CC=CC[C@H]1C(=O)NC1CCCN(c2ccccc2Cl)C1=O. The lowest BCUT2D eigenvalue weighted by molar-refractivity contribution is -0.147. The summed E-state index contributed by atoms with van der Waals surface area (Å²) in [6, 6.07) is 6.44. The molecular formula is C19H21ClN2O4. The number of anilines is 1. The minimum absolute atomic E-state index is 0.212. The molecule has 2 N–H and O–H groups in total. The van der Waals surface area contributed by atoms with Crippen LogP contribution < -0.4 is 10.2 Å². The predicted octanol–water partition coefficient (Wildman–Crippen LogP) is 2.62. The maximum absolute atomic E-state index is 12.8. The maximum Gasteiger partial charge on any atom is 0.307 e. The molecule has 0 spiro atoms. The molecule has 1 aliphatic heterocycles. The fourth-order valence-electron chi connectivity index (χ4n) is 3.57. The Morgan fingerprint density at radius 1 is 1.15 bits per heavy atom. The average Bonchev–Trinajstić information content (AvgIpc) is 2.64. The van der Waals surface area contributed by atoms with Gasteiger partial charge in [0, 0.05) is 6.54 Å². The number of nitrogens with one attached hydrogen (secondary N) is 1. The smallest absolute Gasteiger partial charge is 0.307 e. The van der Waals surface area contributed by atoms with Crippen LogP contribution in [0.4, 0.5) is 5.69 Å². The van der Waals surface area contributed by atoms with Gasteiger partial charge in [-0.1, -0.05) is 35.9 Å². The number of rotatable bonds is 4. The Hall–Kier alpha value is -2.34. The highest BCUT2D eigenvalue weighted by Crippen LogP contribution is 2.30. The Labute approximate surface area is 156 Å². The molecule has 138 valence electrons. The number of carbonyl (C=O) groups excluding carboxylic acids is 2. The standard InChI is InChI=1S/C19H21ClN2O4/c20-14-8-3-4-10-16(14)22-11-5-9-15(18(22)24)21-17(23)12-6-1-2-7-13(12)19(25)26/h1-4,8,10,12-13,15H,5-7,9,11H2,(H,21,23)(H,25,26)/t12-,13+,15?/m1/s1. The van der Waals surface area contributed by atoms with Crippen LogP contribution in [-0.4, -0.2) is 35.5 Å². The summed E-state index contributed by atoms with van der Waals surface area (Å²) in [6.45, 7) is 0.541. The maximum atomic E-state index is 12.8. The topological polar surface area (TPSA) is 86.7 Å². The molecule has 2 amide bonds. The highest BCUT2D eigenvalue weighted by molar-refractivity contribution is 6.33. The van der Waals surface area contributed by atoms with Crippen LogP contribution in [0.1, 0.15) is 25.7 Å². The van der Waals surface area contributed by atoms with Crippen LogP contribution in [0, 0.1) is 11.8 Å². The molecule has 1 aromatic carbocycles. The molecule has 0 saturated carbocycles. The van der Waals surface area contributed by atoms with Gasteiger partial charge >= 0.3 is 5.97 Å². The van der Waals surface area contributed by atoms with E-state index < -0.39 is 23.8 Å². The van der Waals surface area contributed by atoms with Gasteiger partial charge in [-0.2, -0.15) is 0 Å². The highest BCUT2D eigenvalue weighted by atomic mass is 35.5. The second kappa shape index (κ2) is 7.91. The summed E-state index contributed by atoms with van der Waals surface area (Å²) in [4.78, 5) is 38.5. The van der Waals surface area contributed by atoms with Crippen molar-refractivity contribution < 1.29 is 19.5 Å². The van der Waals surface area contributed by atoms with E-state index in [1.54, 1.807) is 29.2 Å². The van der Waals surface area contributed by atoms with E-state index in [1.165, 1.54) is 0 Å². The number of hydrogen-bond acceptors (Lipinski definition) is 3. The monoisotopic (exact) mass is 376 g/mol. The number of benzene rings is 1. The molecule has 0 bridgehead atoms. The third kappa shape index (κ3) is 3.75. The molecular weight excluding hydrogens is 356 g/mol. The molecule has 1 heterocycles. The first-order chi connectivity index (χ1) is 12.5. The Bertz CT molecular complexity index is 749. The molecule has 2 aliphatic rings. The van der Waals surface area contributed by atoms with Crippen LogP contribution in [0.5, 0.6) is 0 Å². The minimum atomic E-state index is -0.984. The van der Waals surface area contributed by atoms with Crippen molar-refractivity contribution in [3.05, 3.63) is 41.4 Å². The van der Waals surface area contributed by atoms with E-state index in [0.717, 1.165) is 6.42 Å². The number of para-hydroxylation sites is 1. The van der Waals surface area contributed by atoms with Crippen LogP contribution >= 0.6 is 11.6 Å². The van der Waals surface area contributed by atoms with Gasteiger partial charge in [0.25, 0.3) is 0 Å². The van der Waals surface area contributed by atoms with E-state index in [2.05, 4.69) is 5.32 Å². The summed E-state index contributed by atoms with van der Waals surface area (Å²) in [5, 5.41) is 12.6. The van der Waals surface area contributed by atoms with E-state index in [4.69, 9.17) is 11.6 Å². The number of halogens is 1. The molecule has 0 aromatic heterocycles. The second-order valence-electron chi connectivity index (χ2n) is 6.64. The molecule has 1 fully saturated rings. The number of aliphatic carboxylic acids is 1. The fraction of sp³-hybridized carbons (Fsp3) is 0.421.